The van der Waals surface area contributed by atoms with Crippen LogP contribution in [0.5, 0.6) is 0 Å². The molecule has 0 aromatic carbocycles. The molecule has 0 radical (unpaired) electrons. The summed E-state index contributed by atoms with van der Waals surface area (Å²) >= 11 is 0. The SMILES string of the molecule is Cn1ccc(CN2CCCC(O)(Cc3nncn3C)C2)c1. The minimum atomic E-state index is -0.701. The summed E-state index contributed by atoms with van der Waals surface area (Å²) in [5.41, 5.74) is 0.591. The molecule has 1 N–H and O–H groups in total. The molecule has 1 aliphatic rings. The van der Waals surface area contributed by atoms with Crippen LogP contribution in [0.1, 0.15) is 24.2 Å². The maximum atomic E-state index is 10.9. The van der Waals surface area contributed by atoms with E-state index < -0.39 is 5.60 Å². The summed E-state index contributed by atoms with van der Waals surface area (Å²) in [5.74, 6) is 0.846. The first kappa shape index (κ1) is 14.3. The predicted octanol–water partition coefficient (Wildman–Crippen LogP) is 0.723. The maximum absolute atomic E-state index is 10.9. The van der Waals surface area contributed by atoms with Crippen molar-refractivity contribution >= 4 is 0 Å². The number of nitrogens with zero attached hydrogens (tertiary/aromatic N) is 5. The van der Waals surface area contributed by atoms with Crippen molar-refractivity contribution in [2.45, 2.75) is 31.4 Å². The molecular weight excluding hydrogens is 266 g/mol. The summed E-state index contributed by atoms with van der Waals surface area (Å²) in [6.07, 6.45) is 8.28. The van der Waals surface area contributed by atoms with Crippen LogP contribution in [0.3, 0.4) is 0 Å². The van der Waals surface area contributed by atoms with Gasteiger partial charge in [0.15, 0.2) is 0 Å². The van der Waals surface area contributed by atoms with Crippen molar-refractivity contribution in [1.29, 1.82) is 0 Å². The van der Waals surface area contributed by atoms with Crippen LogP contribution in [-0.2, 0) is 27.1 Å². The fraction of sp³-hybridized carbons (Fsp3) is 0.600. The molecule has 1 atom stereocenters. The molecule has 6 nitrogen and oxygen atoms in total. The molecule has 6 heteroatoms. The molecule has 3 rings (SSSR count). The predicted molar refractivity (Wildman–Crippen MR) is 79.6 cm³/mol. The van der Waals surface area contributed by atoms with Gasteiger partial charge in [-0.2, -0.15) is 0 Å². The lowest BCUT2D eigenvalue weighted by Gasteiger charge is -2.39. The second kappa shape index (κ2) is 5.61. The zero-order valence-electron chi connectivity index (χ0n) is 12.7. The number of piperidine rings is 1. The number of aryl methyl sites for hydroxylation is 2. The maximum Gasteiger partial charge on any atom is 0.135 e. The fourth-order valence-electron chi connectivity index (χ4n) is 3.16. The summed E-state index contributed by atoms with van der Waals surface area (Å²) in [4.78, 5) is 2.33. The highest BCUT2D eigenvalue weighted by Crippen LogP contribution is 2.25. The summed E-state index contributed by atoms with van der Waals surface area (Å²) in [5, 5.41) is 18.9. The van der Waals surface area contributed by atoms with E-state index in [1.165, 1.54) is 5.56 Å². The van der Waals surface area contributed by atoms with Crippen molar-refractivity contribution in [2.24, 2.45) is 14.1 Å². The highest BCUT2D eigenvalue weighted by molar-refractivity contribution is 5.10. The van der Waals surface area contributed by atoms with Gasteiger partial charge in [-0.1, -0.05) is 0 Å². The van der Waals surface area contributed by atoms with Gasteiger partial charge in [-0.05, 0) is 31.0 Å². The second-order valence-corrected chi connectivity index (χ2v) is 6.26. The van der Waals surface area contributed by atoms with Crippen LogP contribution < -0.4 is 0 Å². The fourth-order valence-corrected chi connectivity index (χ4v) is 3.16. The van der Waals surface area contributed by atoms with E-state index in [2.05, 4.69) is 38.1 Å². The molecule has 1 fully saturated rings. The minimum absolute atomic E-state index is 0.564. The molecule has 0 bridgehead atoms. The zero-order valence-corrected chi connectivity index (χ0v) is 12.7. The Hall–Kier alpha value is -1.66. The van der Waals surface area contributed by atoms with Gasteiger partial charge in [0.2, 0.25) is 0 Å². The van der Waals surface area contributed by atoms with Crippen LogP contribution in [0.15, 0.2) is 24.8 Å². The number of likely N-dealkylation sites (tertiary alicyclic amines) is 1. The van der Waals surface area contributed by atoms with E-state index in [0.29, 0.717) is 13.0 Å². The first-order valence-corrected chi connectivity index (χ1v) is 7.43. The number of hydrogen-bond acceptors (Lipinski definition) is 4. The van der Waals surface area contributed by atoms with Crippen LogP contribution in [0.4, 0.5) is 0 Å². The van der Waals surface area contributed by atoms with E-state index in [0.717, 1.165) is 31.8 Å². The third kappa shape index (κ3) is 3.33. The Labute approximate surface area is 125 Å². The Balaban J connectivity index is 1.65. The molecule has 2 aromatic rings. The summed E-state index contributed by atoms with van der Waals surface area (Å²) in [6, 6.07) is 2.14. The van der Waals surface area contributed by atoms with Gasteiger partial charge in [-0.25, -0.2) is 0 Å². The van der Waals surface area contributed by atoms with Crippen LogP contribution in [-0.4, -0.2) is 48.0 Å². The quantitative estimate of drug-likeness (QED) is 0.901. The molecule has 3 heterocycles. The van der Waals surface area contributed by atoms with Crippen molar-refractivity contribution in [3.63, 3.8) is 0 Å². The molecule has 1 saturated heterocycles. The number of β-amino-alcohol motifs (C(OH)–C–C–N with tert-alkyl or cyclic N) is 1. The second-order valence-electron chi connectivity index (χ2n) is 6.26. The molecule has 0 spiro atoms. The minimum Gasteiger partial charge on any atom is -0.388 e. The number of hydrogen-bond donors (Lipinski definition) is 1. The van der Waals surface area contributed by atoms with Gasteiger partial charge in [-0.3, -0.25) is 4.90 Å². The van der Waals surface area contributed by atoms with Crippen LogP contribution in [0, 0.1) is 0 Å². The summed E-state index contributed by atoms with van der Waals surface area (Å²) in [6.45, 7) is 2.62. The Morgan fingerprint density at radius 3 is 2.90 bits per heavy atom. The first-order chi connectivity index (χ1) is 10.0. The van der Waals surface area contributed by atoms with Crippen LogP contribution in [0.25, 0.3) is 0 Å². The van der Waals surface area contributed by atoms with Gasteiger partial charge < -0.3 is 14.2 Å². The Kier molecular flexibility index (Phi) is 3.82. The first-order valence-electron chi connectivity index (χ1n) is 7.43. The molecule has 0 saturated carbocycles. The Morgan fingerprint density at radius 1 is 1.38 bits per heavy atom. The van der Waals surface area contributed by atoms with E-state index >= 15 is 0 Å². The van der Waals surface area contributed by atoms with Gasteiger partial charge in [0, 0.05) is 46.0 Å². The summed E-state index contributed by atoms with van der Waals surface area (Å²) in [7, 11) is 3.95. The molecule has 1 unspecified atom stereocenters. The molecule has 2 aromatic heterocycles. The highest BCUT2D eigenvalue weighted by Gasteiger charge is 2.34. The molecule has 0 aliphatic carbocycles. The third-order valence-electron chi connectivity index (χ3n) is 4.23. The van der Waals surface area contributed by atoms with Crippen molar-refractivity contribution < 1.29 is 5.11 Å². The van der Waals surface area contributed by atoms with E-state index in [4.69, 9.17) is 0 Å². The van der Waals surface area contributed by atoms with Crippen molar-refractivity contribution in [3.05, 3.63) is 36.2 Å². The standard InChI is InChI=1S/C15H23N5O/c1-18-7-4-13(9-18)10-20-6-3-5-15(21,11-20)8-14-17-16-12-19(14)2/h4,7,9,12,21H,3,5-6,8,10-11H2,1-2H3. The average molecular weight is 289 g/mol. The Morgan fingerprint density at radius 2 is 2.24 bits per heavy atom. The zero-order chi connectivity index (χ0) is 14.9. The Bertz CT molecular complexity index is 605. The molecule has 114 valence electrons. The van der Waals surface area contributed by atoms with Gasteiger partial charge in [0.25, 0.3) is 0 Å². The van der Waals surface area contributed by atoms with Crippen molar-refractivity contribution in [2.75, 3.05) is 13.1 Å². The number of aliphatic hydroxyl groups is 1. The van der Waals surface area contributed by atoms with E-state index in [-0.39, 0.29) is 0 Å². The molecule has 0 amide bonds. The van der Waals surface area contributed by atoms with Crippen LogP contribution >= 0.6 is 0 Å². The smallest absolute Gasteiger partial charge is 0.135 e. The summed E-state index contributed by atoms with van der Waals surface area (Å²) < 4.78 is 3.94. The molecular formula is C15H23N5O. The number of aromatic nitrogens is 4. The van der Waals surface area contributed by atoms with Gasteiger partial charge in [0.05, 0.1) is 5.60 Å². The topological polar surface area (TPSA) is 59.1 Å². The number of rotatable bonds is 4. The van der Waals surface area contributed by atoms with E-state index in [1.807, 2.05) is 18.7 Å². The van der Waals surface area contributed by atoms with Gasteiger partial charge in [-0.15, -0.1) is 10.2 Å². The lowest BCUT2D eigenvalue weighted by molar-refractivity contribution is -0.0344. The lowest BCUT2D eigenvalue weighted by Crippen LogP contribution is -2.49. The highest BCUT2D eigenvalue weighted by atomic mass is 16.3. The monoisotopic (exact) mass is 289 g/mol. The van der Waals surface area contributed by atoms with Crippen molar-refractivity contribution in [1.82, 2.24) is 24.2 Å². The average Bonchev–Trinajstić information content (AvgIpc) is 2.99. The van der Waals surface area contributed by atoms with E-state index in [1.54, 1.807) is 6.33 Å². The van der Waals surface area contributed by atoms with Gasteiger partial charge >= 0.3 is 0 Å². The van der Waals surface area contributed by atoms with Crippen LogP contribution in [0.2, 0.25) is 0 Å². The van der Waals surface area contributed by atoms with Crippen molar-refractivity contribution in [3.8, 4) is 0 Å². The molecule has 1 aliphatic heterocycles. The lowest BCUT2D eigenvalue weighted by atomic mass is 9.89. The van der Waals surface area contributed by atoms with E-state index in [9.17, 15) is 5.11 Å². The third-order valence-corrected chi connectivity index (χ3v) is 4.23. The molecule has 21 heavy (non-hydrogen) atoms. The normalized spacial score (nSPS) is 23.6. The van der Waals surface area contributed by atoms with Gasteiger partial charge in [0.1, 0.15) is 12.2 Å². The largest absolute Gasteiger partial charge is 0.388 e.